The maximum Gasteiger partial charge on any atom is 0.397 e. The largest absolute Gasteiger partial charge is 0.457 e. The molecule has 1 saturated heterocycles. The lowest BCUT2D eigenvalue weighted by Crippen LogP contribution is -2.60. The Hall–Kier alpha value is -1.16. The van der Waals surface area contributed by atoms with Crippen molar-refractivity contribution in [2.75, 3.05) is 26.4 Å². The quantitative estimate of drug-likeness (QED) is 0.0197. The zero-order chi connectivity index (χ0) is 46.1. The zero-order valence-corrected chi connectivity index (χ0v) is 41.0. The Labute approximate surface area is 385 Å². The summed E-state index contributed by atoms with van der Waals surface area (Å²) >= 11 is 0. The summed E-state index contributed by atoms with van der Waals surface area (Å²) in [6.07, 6.45) is 38.3. The van der Waals surface area contributed by atoms with Crippen molar-refractivity contribution in [3.63, 3.8) is 0 Å². The number of unbranched alkanes of at least 4 members (excludes halogenated alkanes) is 31. The molecule has 0 bridgehead atoms. The number of carbonyl (C=O) groups is 1. The van der Waals surface area contributed by atoms with Crippen LogP contribution < -0.4 is 0 Å². The average Bonchev–Trinajstić information content (AvgIpc) is 3.26. The molecule has 1 aliphatic rings. The van der Waals surface area contributed by atoms with Gasteiger partial charge in [0, 0.05) is 13.0 Å². The van der Waals surface area contributed by atoms with Gasteiger partial charge in [-0.05, 0) is 38.5 Å². The second kappa shape index (κ2) is 42.2. The number of carbonyl (C=O) groups excluding carboxylic acids is 1. The Morgan fingerprint density at radius 2 is 1.00 bits per heavy atom. The van der Waals surface area contributed by atoms with E-state index < -0.39 is 59.8 Å². The summed E-state index contributed by atoms with van der Waals surface area (Å²) in [4.78, 5) is 12.8. The number of esters is 1. The van der Waals surface area contributed by atoms with Gasteiger partial charge in [0.1, 0.15) is 30.5 Å². The lowest BCUT2D eigenvalue weighted by molar-refractivity contribution is -0.301. The fraction of sp³-hybridized carbons (Fsp3) is 0.940. The van der Waals surface area contributed by atoms with Gasteiger partial charge in [0.15, 0.2) is 6.29 Å². The van der Waals surface area contributed by atoms with Crippen LogP contribution in [0.15, 0.2) is 12.2 Å². The highest BCUT2D eigenvalue weighted by atomic mass is 32.3. The Kier molecular flexibility index (Phi) is 40.1. The molecule has 0 aliphatic carbocycles. The summed E-state index contributed by atoms with van der Waals surface area (Å²) in [5, 5.41) is 30.7. The van der Waals surface area contributed by atoms with E-state index in [4.69, 9.17) is 18.9 Å². The van der Waals surface area contributed by atoms with Crippen molar-refractivity contribution in [2.45, 2.75) is 275 Å². The van der Waals surface area contributed by atoms with E-state index in [1.165, 1.54) is 154 Å². The van der Waals surface area contributed by atoms with Crippen LogP contribution in [0.1, 0.15) is 239 Å². The van der Waals surface area contributed by atoms with Gasteiger partial charge in [0.05, 0.1) is 19.8 Å². The molecule has 0 aromatic carbocycles. The van der Waals surface area contributed by atoms with Crippen molar-refractivity contribution in [2.24, 2.45) is 0 Å². The van der Waals surface area contributed by atoms with Crippen LogP contribution in [0.2, 0.25) is 0 Å². The summed E-state index contributed by atoms with van der Waals surface area (Å²) in [6.45, 7) is 4.00. The maximum atomic E-state index is 12.8. The molecule has 6 atom stereocenters. The first-order chi connectivity index (χ1) is 30.6. The maximum absolute atomic E-state index is 12.8. The van der Waals surface area contributed by atoms with E-state index in [-0.39, 0.29) is 19.6 Å². The van der Waals surface area contributed by atoms with Crippen molar-refractivity contribution >= 4 is 16.4 Å². The summed E-state index contributed by atoms with van der Waals surface area (Å²) in [6, 6.07) is 0. The van der Waals surface area contributed by atoms with Crippen LogP contribution in [0.5, 0.6) is 0 Å². The summed E-state index contributed by atoms with van der Waals surface area (Å²) in [7, 11) is -5.06. The molecule has 1 fully saturated rings. The lowest BCUT2D eigenvalue weighted by atomic mass is 9.99. The molecule has 0 amide bonds. The predicted octanol–water partition coefficient (Wildman–Crippen LogP) is 11.8. The second-order valence-electron chi connectivity index (χ2n) is 18.1. The fourth-order valence-electron chi connectivity index (χ4n) is 8.20. The Morgan fingerprint density at radius 3 is 1.46 bits per heavy atom. The molecule has 6 unspecified atom stereocenters. The highest BCUT2D eigenvalue weighted by Crippen LogP contribution is 2.26. The number of aliphatic hydroxyl groups excluding tert-OH is 3. The van der Waals surface area contributed by atoms with Crippen molar-refractivity contribution in [1.82, 2.24) is 0 Å². The fourth-order valence-corrected chi connectivity index (χ4v) is 8.71. The molecule has 0 spiro atoms. The minimum atomic E-state index is -5.06. The number of aliphatic hydroxyl groups is 3. The monoisotopic (exact) mass is 921 g/mol. The first-order valence-electron chi connectivity index (χ1n) is 25.9. The van der Waals surface area contributed by atoms with Gasteiger partial charge in [0.25, 0.3) is 0 Å². The van der Waals surface area contributed by atoms with Gasteiger partial charge in [-0.3, -0.25) is 9.35 Å². The molecule has 0 saturated carbocycles. The minimum absolute atomic E-state index is 0.0386. The van der Waals surface area contributed by atoms with E-state index in [1.54, 1.807) is 0 Å². The number of hydrogen-bond acceptors (Lipinski definition) is 11. The molecular weight excluding hydrogens is 825 g/mol. The van der Waals surface area contributed by atoms with Gasteiger partial charge in [-0.25, -0.2) is 4.18 Å². The molecule has 4 N–H and O–H groups in total. The third kappa shape index (κ3) is 35.7. The van der Waals surface area contributed by atoms with E-state index in [0.29, 0.717) is 13.0 Å². The smallest absolute Gasteiger partial charge is 0.397 e. The van der Waals surface area contributed by atoms with Crippen LogP contribution >= 0.6 is 0 Å². The van der Waals surface area contributed by atoms with Gasteiger partial charge < -0.3 is 34.3 Å². The number of hydrogen-bond donors (Lipinski definition) is 4. The molecule has 12 nitrogen and oxygen atoms in total. The van der Waals surface area contributed by atoms with Crippen LogP contribution in [-0.2, 0) is 38.3 Å². The van der Waals surface area contributed by atoms with Crippen LogP contribution in [0.4, 0.5) is 0 Å². The average molecular weight is 921 g/mol. The molecule has 1 heterocycles. The number of rotatable bonds is 46. The van der Waals surface area contributed by atoms with Crippen molar-refractivity contribution in [3.8, 4) is 0 Å². The highest BCUT2D eigenvalue weighted by Gasteiger charge is 2.48. The second-order valence-corrected chi connectivity index (χ2v) is 19.2. The number of allylic oxidation sites excluding steroid dienone is 2. The third-order valence-electron chi connectivity index (χ3n) is 12.1. The molecule has 1 aliphatic heterocycles. The van der Waals surface area contributed by atoms with E-state index in [0.717, 1.165) is 57.8 Å². The molecule has 0 aromatic heterocycles. The zero-order valence-electron chi connectivity index (χ0n) is 40.2. The van der Waals surface area contributed by atoms with E-state index >= 15 is 0 Å². The first-order valence-corrected chi connectivity index (χ1v) is 27.3. The molecule has 0 aromatic rings. The standard InChI is InChI=1S/C50H96O12S/c1-3-5-7-9-11-13-15-17-18-19-20-21-22-23-24-25-26-27-28-30-32-34-36-38-40-58-42-44(60-46(52)39-37-35-33-31-29-16-14-12-10-8-6-4-2)43-59-50-48(54)49(62-63(55,56)57)47(53)45(41-51)61-50/h12,14,44-45,47-51,53-54H,3-11,13,15-43H2,1-2H3,(H,55,56,57)/b14-12-. The van der Waals surface area contributed by atoms with Crippen LogP contribution in [0.25, 0.3) is 0 Å². The van der Waals surface area contributed by atoms with E-state index in [1.807, 2.05) is 0 Å². The van der Waals surface area contributed by atoms with Crippen molar-refractivity contribution < 1.29 is 56.2 Å². The number of ether oxygens (including phenoxy) is 4. The highest BCUT2D eigenvalue weighted by molar-refractivity contribution is 7.80. The molecule has 63 heavy (non-hydrogen) atoms. The molecular formula is C50H96O12S. The minimum Gasteiger partial charge on any atom is -0.457 e. The van der Waals surface area contributed by atoms with E-state index in [2.05, 4.69) is 30.2 Å². The summed E-state index contributed by atoms with van der Waals surface area (Å²) < 4.78 is 59.2. The van der Waals surface area contributed by atoms with Crippen LogP contribution in [-0.4, -0.2) is 97.5 Å². The van der Waals surface area contributed by atoms with Gasteiger partial charge in [-0.1, -0.05) is 206 Å². The summed E-state index contributed by atoms with van der Waals surface area (Å²) in [5.74, 6) is -0.404. The van der Waals surface area contributed by atoms with Crippen LogP contribution in [0.3, 0.4) is 0 Å². The predicted molar refractivity (Wildman–Crippen MR) is 253 cm³/mol. The molecule has 0 radical (unpaired) electrons. The third-order valence-corrected chi connectivity index (χ3v) is 12.6. The normalized spacial score (nSPS) is 19.9. The molecule has 374 valence electrons. The van der Waals surface area contributed by atoms with Crippen molar-refractivity contribution in [1.29, 1.82) is 0 Å². The molecule has 13 heteroatoms. The van der Waals surface area contributed by atoms with Crippen molar-refractivity contribution in [3.05, 3.63) is 12.2 Å². The van der Waals surface area contributed by atoms with Crippen LogP contribution in [0, 0.1) is 0 Å². The van der Waals surface area contributed by atoms with Gasteiger partial charge in [-0.15, -0.1) is 0 Å². The Balaban J connectivity index is 2.28. The van der Waals surface area contributed by atoms with Gasteiger partial charge in [-0.2, -0.15) is 8.42 Å². The lowest BCUT2D eigenvalue weighted by Gasteiger charge is -2.41. The molecule has 1 rings (SSSR count). The summed E-state index contributed by atoms with van der Waals surface area (Å²) in [5.41, 5.74) is 0. The Bertz CT molecular complexity index is 1150. The van der Waals surface area contributed by atoms with E-state index in [9.17, 15) is 33.1 Å². The SMILES string of the molecule is CCCCC/C=C\CCCCCCCC(=O)OC(COCCCCCCCCCCCCCCCCCCCCCCCCCC)COC1OC(CO)C(O)C(OS(=O)(=O)O)C1O. The van der Waals surface area contributed by atoms with Gasteiger partial charge >= 0.3 is 16.4 Å². The topological polar surface area (TPSA) is 178 Å². The Morgan fingerprint density at radius 1 is 0.587 bits per heavy atom. The van der Waals surface area contributed by atoms with Gasteiger partial charge in [0.2, 0.25) is 0 Å². The first kappa shape index (κ1) is 59.9.